The summed E-state index contributed by atoms with van der Waals surface area (Å²) in [5.74, 6) is 0. The molecule has 0 spiro atoms. The van der Waals surface area contributed by atoms with Gasteiger partial charge in [-0.25, -0.2) is 0 Å². The smallest absolute Gasteiger partial charge is 0.0154 e. The molecule has 1 aliphatic carbocycles. The molecule has 1 aliphatic heterocycles. The van der Waals surface area contributed by atoms with Gasteiger partial charge >= 0.3 is 0 Å². The lowest BCUT2D eigenvalue weighted by atomic mass is 10.0. The van der Waals surface area contributed by atoms with Crippen molar-refractivity contribution < 1.29 is 0 Å². The van der Waals surface area contributed by atoms with Crippen molar-refractivity contribution in [1.29, 1.82) is 0 Å². The van der Waals surface area contributed by atoms with E-state index >= 15 is 0 Å². The van der Waals surface area contributed by atoms with Crippen LogP contribution in [-0.4, -0.2) is 36.1 Å². The first-order chi connectivity index (χ1) is 6.18. The Hall–Kier alpha value is -0.0800. The van der Waals surface area contributed by atoms with Crippen LogP contribution in [-0.2, 0) is 0 Å². The van der Waals surface area contributed by atoms with E-state index in [4.69, 9.17) is 0 Å². The van der Waals surface area contributed by atoms with Crippen molar-refractivity contribution in [2.75, 3.05) is 19.6 Å². The molecule has 2 rings (SSSR count). The Labute approximate surface area is 81.7 Å². The van der Waals surface area contributed by atoms with E-state index in [2.05, 4.69) is 24.1 Å². The molecule has 2 heteroatoms. The predicted molar refractivity (Wildman–Crippen MR) is 55.9 cm³/mol. The monoisotopic (exact) mass is 182 g/mol. The first kappa shape index (κ1) is 9.47. The summed E-state index contributed by atoms with van der Waals surface area (Å²) >= 11 is 0. The van der Waals surface area contributed by atoms with Crippen LogP contribution in [0.15, 0.2) is 0 Å². The number of nitrogens with one attached hydrogen (secondary N) is 1. The topological polar surface area (TPSA) is 15.3 Å². The summed E-state index contributed by atoms with van der Waals surface area (Å²) in [7, 11) is 0. The van der Waals surface area contributed by atoms with Gasteiger partial charge in [0, 0.05) is 24.7 Å². The maximum atomic E-state index is 3.58. The van der Waals surface area contributed by atoms with Gasteiger partial charge in [-0.15, -0.1) is 0 Å². The maximum absolute atomic E-state index is 3.58. The molecule has 1 N–H and O–H groups in total. The SMILES string of the molecule is CC1(C)CCCN1CCNC1CC1. The van der Waals surface area contributed by atoms with Crippen LogP contribution >= 0.6 is 0 Å². The molecule has 0 amide bonds. The Morgan fingerprint density at radius 3 is 2.69 bits per heavy atom. The van der Waals surface area contributed by atoms with E-state index in [-0.39, 0.29) is 0 Å². The number of rotatable bonds is 4. The molecule has 2 aliphatic rings. The Bertz CT molecular complexity index is 173. The van der Waals surface area contributed by atoms with Crippen molar-refractivity contribution in [1.82, 2.24) is 10.2 Å². The highest BCUT2D eigenvalue weighted by Crippen LogP contribution is 2.27. The lowest BCUT2D eigenvalue weighted by molar-refractivity contribution is 0.176. The van der Waals surface area contributed by atoms with Gasteiger partial charge in [0.05, 0.1) is 0 Å². The van der Waals surface area contributed by atoms with E-state index in [1.807, 2.05) is 0 Å². The first-order valence-electron chi connectivity index (χ1n) is 5.67. The minimum Gasteiger partial charge on any atom is -0.313 e. The maximum Gasteiger partial charge on any atom is 0.0154 e. The lowest BCUT2D eigenvalue weighted by Crippen LogP contribution is -2.42. The second kappa shape index (κ2) is 3.58. The van der Waals surface area contributed by atoms with Crippen LogP contribution in [0.3, 0.4) is 0 Å². The Morgan fingerprint density at radius 1 is 1.38 bits per heavy atom. The average Bonchev–Trinajstić information content (AvgIpc) is 2.79. The summed E-state index contributed by atoms with van der Waals surface area (Å²) in [5.41, 5.74) is 0.464. The van der Waals surface area contributed by atoms with Crippen molar-refractivity contribution in [3.8, 4) is 0 Å². The average molecular weight is 182 g/mol. The van der Waals surface area contributed by atoms with Crippen molar-refractivity contribution in [2.24, 2.45) is 0 Å². The highest BCUT2D eigenvalue weighted by molar-refractivity contribution is 4.88. The summed E-state index contributed by atoms with van der Waals surface area (Å²) in [4.78, 5) is 2.63. The van der Waals surface area contributed by atoms with Crippen LogP contribution in [0.2, 0.25) is 0 Å². The summed E-state index contributed by atoms with van der Waals surface area (Å²) < 4.78 is 0. The van der Waals surface area contributed by atoms with Crippen LogP contribution in [0.1, 0.15) is 39.5 Å². The third-order valence-corrected chi connectivity index (χ3v) is 3.46. The molecule has 0 radical (unpaired) electrons. The van der Waals surface area contributed by atoms with Gasteiger partial charge in [-0.3, -0.25) is 4.90 Å². The quantitative estimate of drug-likeness (QED) is 0.710. The highest BCUT2D eigenvalue weighted by Gasteiger charge is 2.31. The standard InChI is InChI=1S/C11H22N2/c1-11(2)6-3-8-13(11)9-7-12-10-4-5-10/h10,12H,3-9H2,1-2H3. The summed E-state index contributed by atoms with van der Waals surface area (Å²) in [6.07, 6.45) is 5.57. The molecular formula is C11H22N2. The van der Waals surface area contributed by atoms with Gasteiger partial charge in [-0.2, -0.15) is 0 Å². The largest absolute Gasteiger partial charge is 0.313 e. The summed E-state index contributed by atoms with van der Waals surface area (Å²) in [6, 6.07) is 0.866. The van der Waals surface area contributed by atoms with Gasteiger partial charge in [0.15, 0.2) is 0 Å². The van der Waals surface area contributed by atoms with Crippen molar-refractivity contribution >= 4 is 0 Å². The molecule has 2 fully saturated rings. The third kappa shape index (κ3) is 2.44. The zero-order valence-corrected chi connectivity index (χ0v) is 8.97. The van der Waals surface area contributed by atoms with Gasteiger partial charge in [-0.1, -0.05) is 0 Å². The minimum absolute atomic E-state index is 0.464. The van der Waals surface area contributed by atoms with Gasteiger partial charge in [0.25, 0.3) is 0 Å². The molecule has 0 aromatic carbocycles. The zero-order valence-electron chi connectivity index (χ0n) is 8.97. The fourth-order valence-electron chi connectivity index (χ4n) is 2.27. The molecule has 0 aromatic heterocycles. The van der Waals surface area contributed by atoms with Gasteiger partial charge in [0.1, 0.15) is 0 Å². The molecule has 0 bridgehead atoms. The van der Waals surface area contributed by atoms with Crippen molar-refractivity contribution in [2.45, 2.75) is 51.1 Å². The number of nitrogens with zero attached hydrogens (tertiary/aromatic N) is 1. The van der Waals surface area contributed by atoms with Crippen LogP contribution in [0.4, 0.5) is 0 Å². The predicted octanol–water partition coefficient (Wildman–Crippen LogP) is 1.61. The number of hydrogen-bond donors (Lipinski definition) is 1. The molecule has 13 heavy (non-hydrogen) atoms. The fourth-order valence-corrected chi connectivity index (χ4v) is 2.27. The fraction of sp³-hybridized carbons (Fsp3) is 1.00. The summed E-state index contributed by atoms with van der Waals surface area (Å²) in [5, 5.41) is 3.58. The zero-order chi connectivity index (χ0) is 9.31. The van der Waals surface area contributed by atoms with Gasteiger partial charge < -0.3 is 5.32 Å². The van der Waals surface area contributed by atoms with Gasteiger partial charge in [-0.05, 0) is 46.1 Å². The number of hydrogen-bond acceptors (Lipinski definition) is 2. The summed E-state index contributed by atoms with van der Waals surface area (Å²) in [6.45, 7) is 8.48. The Balaban J connectivity index is 1.67. The first-order valence-corrected chi connectivity index (χ1v) is 5.67. The van der Waals surface area contributed by atoms with E-state index in [1.165, 1.54) is 45.3 Å². The molecule has 1 heterocycles. The second-order valence-electron chi connectivity index (χ2n) is 5.13. The van der Waals surface area contributed by atoms with E-state index in [0.717, 1.165) is 6.04 Å². The normalized spacial score (nSPS) is 28.2. The van der Waals surface area contributed by atoms with Crippen LogP contribution in [0.25, 0.3) is 0 Å². The van der Waals surface area contributed by atoms with E-state index in [9.17, 15) is 0 Å². The minimum atomic E-state index is 0.464. The van der Waals surface area contributed by atoms with Crippen LogP contribution in [0.5, 0.6) is 0 Å². The van der Waals surface area contributed by atoms with Crippen LogP contribution in [0, 0.1) is 0 Å². The van der Waals surface area contributed by atoms with E-state index < -0.39 is 0 Å². The molecule has 76 valence electrons. The molecule has 0 unspecified atom stereocenters. The van der Waals surface area contributed by atoms with Gasteiger partial charge in [0.2, 0.25) is 0 Å². The van der Waals surface area contributed by atoms with E-state index in [0.29, 0.717) is 5.54 Å². The van der Waals surface area contributed by atoms with Crippen LogP contribution < -0.4 is 5.32 Å². The Kier molecular flexibility index (Phi) is 2.61. The Morgan fingerprint density at radius 2 is 2.15 bits per heavy atom. The highest BCUT2D eigenvalue weighted by atomic mass is 15.2. The molecule has 1 saturated carbocycles. The van der Waals surface area contributed by atoms with Crippen molar-refractivity contribution in [3.63, 3.8) is 0 Å². The van der Waals surface area contributed by atoms with Crippen molar-refractivity contribution in [3.05, 3.63) is 0 Å². The molecule has 2 nitrogen and oxygen atoms in total. The number of likely N-dealkylation sites (tertiary alicyclic amines) is 1. The molecule has 1 saturated heterocycles. The second-order valence-corrected chi connectivity index (χ2v) is 5.13. The molecule has 0 atom stereocenters. The molecule has 0 aromatic rings. The lowest BCUT2D eigenvalue weighted by Gasteiger charge is -2.31. The molecular weight excluding hydrogens is 160 g/mol. The van der Waals surface area contributed by atoms with E-state index in [1.54, 1.807) is 0 Å². The third-order valence-electron chi connectivity index (χ3n) is 3.46.